The zero-order valence-corrected chi connectivity index (χ0v) is 22.5. The number of carbonyl (C=O) groups excluding carboxylic acids is 2. The molecule has 0 saturated carbocycles. The van der Waals surface area contributed by atoms with Crippen molar-refractivity contribution in [3.05, 3.63) is 16.2 Å². The highest BCUT2D eigenvalue weighted by molar-refractivity contribution is 5.75. The number of nitrogens with zero attached hydrogens (tertiary/aromatic N) is 2. The molecule has 0 spiro atoms. The quantitative estimate of drug-likeness (QED) is 0.169. The maximum absolute atomic E-state index is 12.3. The monoisotopic (exact) mass is 520 g/mol. The van der Waals surface area contributed by atoms with Gasteiger partial charge in [-0.2, -0.15) is 4.98 Å². The Balaban J connectivity index is 1.92. The van der Waals surface area contributed by atoms with Crippen molar-refractivity contribution in [2.45, 2.75) is 97.4 Å². The van der Waals surface area contributed by atoms with E-state index in [9.17, 15) is 14.4 Å². The molecule has 11 nitrogen and oxygen atoms in total. The zero-order valence-electron chi connectivity index (χ0n) is 22.5. The van der Waals surface area contributed by atoms with Gasteiger partial charge in [-0.1, -0.05) is 65.7 Å². The van der Waals surface area contributed by atoms with Crippen LogP contribution >= 0.6 is 0 Å². The van der Waals surface area contributed by atoms with E-state index < -0.39 is 17.6 Å². The summed E-state index contributed by atoms with van der Waals surface area (Å²) in [6.07, 6.45) is 9.82. The molecule has 0 aliphatic rings. The van der Waals surface area contributed by atoms with Crippen molar-refractivity contribution in [1.29, 1.82) is 0 Å². The molecule has 0 aliphatic carbocycles. The highest BCUT2D eigenvalue weighted by Gasteiger charge is 2.22. The Hall–Kier alpha value is -2.95. The Bertz CT molecular complexity index is 1040. The molecule has 2 aromatic rings. The molecule has 2 rings (SSSR count). The number of fused-ring (bicyclic) bond motifs is 1. The number of esters is 2. The number of carbonyl (C=O) groups is 2. The molecule has 208 valence electrons. The third kappa shape index (κ3) is 10.5. The molecule has 37 heavy (non-hydrogen) atoms. The lowest BCUT2D eigenvalue weighted by Gasteiger charge is -2.19. The maximum Gasteiger partial charge on any atom is 0.323 e. The SMILES string of the molecule is CCCCCCCCCC(=O)OCC(CCOC(=O)[C@@H](N)[C@@H](C)CC)Cc1nc2nc(N)[nH]c(=O)c2[nH]1. The lowest BCUT2D eigenvalue weighted by atomic mass is 10.0. The average Bonchev–Trinajstić information content (AvgIpc) is 3.28. The number of imidazole rings is 1. The van der Waals surface area contributed by atoms with Gasteiger partial charge in [-0.25, -0.2) is 4.98 Å². The lowest BCUT2D eigenvalue weighted by molar-refractivity contribution is -0.149. The fraction of sp³-hybridized carbons (Fsp3) is 0.731. The van der Waals surface area contributed by atoms with Gasteiger partial charge in [0.15, 0.2) is 11.2 Å². The highest BCUT2D eigenvalue weighted by atomic mass is 16.5. The van der Waals surface area contributed by atoms with Crippen LogP contribution in [0.3, 0.4) is 0 Å². The van der Waals surface area contributed by atoms with E-state index in [1.807, 2.05) is 13.8 Å². The Kier molecular flexibility index (Phi) is 13.1. The van der Waals surface area contributed by atoms with Crippen molar-refractivity contribution in [1.82, 2.24) is 19.9 Å². The van der Waals surface area contributed by atoms with Gasteiger partial charge in [0.2, 0.25) is 5.95 Å². The van der Waals surface area contributed by atoms with Crippen LogP contribution in [0.25, 0.3) is 11.2 Å². The van der Waals surface area contributed by atoms with Gasteiger partial charge in [0, 0.05) is 18.8 Å². The summed E-state index contributed by atoms with van der Waals surface area (Å²) in [7, 11) is 0. The smallest absolute Gasteiger partial charge is 0.323 e. The number of nitrogen functional groups attached to an aromatic ring is 1. The second-order valence-electron chi connectivity index (χ2n) is 9.83. The van der Waals surface area contributed by atoms with Gasteiger partial charge in [-0.3, -0.25) is 19.4 Å². The van der Waals surface area contributed by atoms with Gasteiger partial charge in [0.05, 0.1) is 13.2 Å². The predicted octanol–water partition coefficient (Wildman–Crippen LogP) is 3.38. The number of rotatable bonds is 18. The van der Waals surface area contributed by atoms with Crippen LogP contribution in [-0.4, -0.2) is 51.1 Å². The fourth-order valence-corrected chi connectivity index (χ4v) is 4.00. The van der Waals surface area contributed by atoms with Crippen molar-refractivity contribution >= 4 is 29.1 Å². The third-order valence-electron chi connectivity index (χ3n) is 6.67. The van der Waals surface area contributed by atoms with Gasteiger partial charge >= 0.3 is 11.9 Å². The Labute approximate surface area is 218 Å². The molecule has 2 heterocycles. The van der Waals surface area contributed by atoms with Gasteiger partial charge in [-0.15, -0.1) is 0 Å². The van der Waals surface area contributed by atoms with E-state index in [0.717, 1.165) is 25.7 Å². The molecule has 6 N–H and O–H groups in total. The molecule has 1 unspecified atom stereocenters. The Morgan fingerprint density at radius 1 is 1.00 bits per heavy atom. The number of nitrogens with two attached hydrogens (primary N) is 2. The zero-order chi connectivity index (χ0) is 27.2. The van der Waals surface area contributed by atoms with Crippen LogP contribution in [0.4, 0.5) is 5.95 Å². The van der Waals surface area contributed by atoms with E-state index in [2.05, 4.69) is 26.9 Å². The summed E-state index contributed by atoms with van der Waals surface area (Å²) < 4.78 is 10.9. The van der Waals surface area contributed by atoms with Crippen molar-refractivity contribution < 1.29 is 19.1 Å². The number of anilines is 1. The first-order valence-corrected chi connectivity index (χ1v) is 13.6. The summed E-state index contributed by atoms with van der Waals surface area (Å²) >= 11 is 0. The molecule has 0 bridgehead atoms. The van der Waals surface area contributed by atoms with Gasteiger partial charge in [0.1, 0.15) is 11.9 Å². The summed E-state index contributed by atoms with van der Waals surface area (Å²) in [6, 6.07) is -0.679. The predicted molar refractivity (Wildman–Crippen MR) is 143 cm³/mol. The molecule has 0 amide bonds. The summed E-state index contributed by atoms with van der Waals surface area (Å²) in [5, 5.41) is 0. The standard InChI is InChI=1S/C26H44N6O5/c1-4-6-7-8-9-10-11-12-20(33)37-16-18(13-14-36-25(35)21(27)17(3)5-2)15-19-29-22-23(30-19)31-26(28)32-24(22)34/h17-18,21H,4-16,27H2,1-3H3,(H4,28,29,30,31,32,34)/t17-,18?,21-/m0/s1. The van der Waals surface area contributed by atoms with Gasteiger partial charge in [-0.05, 0) is 18.8 Å². The molecular weight excluding hydrogens is 476 g/mol. The van der Waals surface area contributed by atoms with Crippen molar-refractivity contribution in [3.63, 3.8) is 0 Å². The Morgan fingerprint density at radius 3 is 2.41 bits per heavy atom. The molecule has 0 saturated heterocycles. The number of hydrogen-bond acceptors (Lipinski definition) is 9. The summed E-state index contributed by atoms with van der Waals surface area (Å²) in [5.41, 5.74) is 11.6. The minimum atomic E-state index is -0.679. The number of unbranched alkanes of at least 4 members (excludes halogenated alkanes) is 6. The van der Waals surface area contributed by atoms with E-state index in [1.165, 1.54) is 25.7 Å². The van der Waals surface area contributed by atoms with Crippen LogP contribution < -0.4 is 17.0 Å². The lowest BCUT2D eigenvalue weighted by Crippen LogP contribution is -2.38. The first kappa shape index (κ1) is 30.3. The van der Waals surface area contributed by atoms with E-state index >= 15 is 0 Å². The molecule has 0 radical (unpaired) electrons. The average molecular weight is 521 g/mol. The molecule has 0 aromatic carbocycles. The second-order valence-corrected chi connectivity index (χ2v) is 9.83. The summed E-state index contributed by atoms with van der Waals surface area (Å²) in [6.45, 7) is 6.34. The minimum Gasteiger partial charge on any atom is -0.465 e. The first-order chi connectivity index (χ1) is 17.7. The van der Waals surface area contributed by atoms with E-state index in [0.29, 0.717) is 25.1 Å². The Morgan fingerprint density at radius 2 is 1.70 bits per heavy atom. The minimum absolute atomic E-state index is 0.0176. The maximum atomic E-state index is 12.3. The van der Waals surface area contributed by atoms with Gasteiger partial charge < -0.3 is 25.9 Å². The van der Waals surface area contributed by atoms with Crippen molar-refractivity contribution in [2.75, 3.05) is 18.9 Å². The molecular formula is C26H44N6O5. The fourth-order valence-electron chi connectivity index (χ4n) is 4.00. The normalized spacial score (nSPS) is 13.8. The molecule has 0 fully saturated rings. The second kappa shape index (κ2) is 16.0. The van der Waals surface area contributed by atoms with Crippen LogP contribution in [0.15, 0.2) is 4.79 Å². The molecule has 11 heteroatoms. The highest BCUT2D eigenvalue weighted by Crippen LogP contribution is 2.16. The van der Waals surface area contributed by atoms with Crippen LogP contribution in [0.5, 0.6) is 0 Å². The van der Waals surface area contributed by atoms with Crippen LogP contribution in [0.1, 0.15) is 90.8 Å². The van der Waals surface area contributed by atoms with Crippen molar-refractivity contribution in [3.8, 4) is 0 Å². The van der Waals surface area contributed by atoms with Crippen LogP contribution in [-0.2, 0) is 25.5 Å². The number of ether oxygens (including phenoxy) is 2. The molecule has 3 atom stereocenters. The number of hydrogen-bond donors (Lipinski definition) is 4. The van der Waals surface area contributed by atoms with Crippen LogP contribution in [0.2, 0.25) is 0 Å². The number of aromatic nitrogens is 4. The van der Waals surface area contributed by atoms with Crippen LogP contribution in [0, 0.1) is 11.8 Å². The third-order valence-corrected chi connectivity index (χ3v) is 6.67. The number of aromatic amines is 2. The molecule has 2 aromatic heterocycles. The van der Waals surface area contributed by atoms with Crippen molar-refractivity contribution in [2.24, 2.45) is 17.6 Å². The van der Waals surface area contributed by atoms with E-state index in [1.54, 1.807) is 0 Å². The summed E-state index contributed by atoms with van der Waals surface area (Å²) in [5.74, 6) is -0.374. The topological polar surface area (TPSA) is 179 Å². The summed E-state index contributed by atoms with van der Waals surface area (Å²) in [4.78, 5) is 50.5. The molecule has 0 aliphatic heterocycles. The number of nitrogens with one attached hydrogen (secondary N) is 2. The van der Waals surface area contributed by atoms with Gasteiger partial charge in [0.25, 0.3) is 5.56 Å². The number of H-pyrrole nitrogens is 2. The first-order valence-electron chi connectivity index (χ1n) is 13.6. The largest absolute Gasteiger partial charge is 0.465 e. The van der Waals surface area contributed by atoms with E-state index in [4.69, 9.17) is 20.9 Å². The van der Waals surface area contributed by atoms with E-state index in [-0.39, 0.29) is 48.1 Å².